The number of hydrogen-bond donors (Lipinski definition) is 1. The lowest BCUT2D eigenvalue weighted by Gasteiger charge is -1.97. The fourth-order valence-electron chi connectivity index (χ4n) is 1.75. The van der Waals surface area contributed by atoms with Gasteiger partial charge in [-0.05, 0) is 6.42 Å². The van der Waals surface area contributed by atoms with Crippen LogP contribution in [0, 0.1) is 0 Å². The van der Waals surface area contributed by atoms with E-state index in [1.165, 1.54) is 70.6 Å². The van der Waals surface area contributed by atoms with E-state index in [1.807, 2.05) is 0 Å². The highest BCUT2D eigenvalue weighted by Gasteiger charge is 1.87. The molecule has 0 aromatic heterocycles. The first-order valence-corrected chi connectivity index (χ1v) is 7.94. The largest absolute Gasteiger partial charge is 0.396 e. The molecule has 0 saturated heterocycles. The van der Waals surface area contributed by atoms with Gasteiger partial charge in [-0.3, -0.25) is 0 Å². The highest BCUT2D eigenvalue weighted by atomic mass is 16.2. The first kappa shape index (κ1) is 19.3. The molecule has 0 aromatic carbocycles. The van der Waals surface area contributed by atoms with Crippen molar-refractivity contribution in [3.05, 3.63) is 0 Å². The number of aliphatic hydroxyl groups is 1. The zero-order valence-corrected chi connectivity index (χ0v) is 12.6. The molecule has 0 heterocycles. The molecule has 0 amide bonds. The van der Waals surface area contributed by atoms with Crippen LogP contribution in [0.1, 0.15) is 97.8 Å². The minimum atomic E-state index is 0.361. The molecule has 0 bridgehead atoms. The monoisotopic (exact) mass is 244 g/mol. The van der Waals surface area contributed by atoms with Gasteiger partial charge in [-0.2, -0.15) is 0 Å². The van der Waals surface area contributed by atoms with Crippen molar-refractivity contribution in [1.82, 2.24) is 0 Å². The third-order valence-electron chi connectivity index (χ3n) is 2.97. The summed E-state index contributed by atoms with van der Waals surface area (Å²) in [6.07, 6.45) is 16.1. The van der Waals surface area contributed by atoms with Crippen molar-refractivity contribution < 1.29 is 5.11 Å². The molecule has 17 heavy (non-hydrogen) atoms. The number of hydrogen-bond acceptors (Lipinski definition) is 1. The van der Waals surface area contributed by atoms with E-state index in [0.717, 1.165) is 6.42 Å². The van der Waals surface area contributed by atoms with Gasteiger partial charge in [0, 0.05) is 6.61 Å². The highest BCUT2D eigenvalue weighted by Crippen LogP contribution is 2.07. The summed E-state index contributed by atoms with van der Waals surface area (Å²) in [7, 11) is 0. The van der Waals surface area contributed by atoms with Crippen molar-refractivity contribution in [1.29, 1.82) is 0 Å². The van der Waals surface area contributed by atoms with E-state index in [9.17, 15) is 0 Å². The van der Waals surface area contributed by atoms with Crippen LogP contribution in [0.2, 0.25) is 0 Å². The third kappa shape index (κ3) is 25.9. The van der Waals surface area contributed by atoms with Gasteiger partial charge in [0.1, 0.15) is 0 Å². The van der Waals surface area contributed by atoms with Crippen LogP contribution in [0.15, 0.2) is 0 Å². The van der Waals surface area contributed by atoms with Crippen molar-refractivity contribution in [3.63, 3.8) is 0 Å². The van der Waals surface area contributed by atoms with Crippen molar-refractivity contribution in [3.8, 4) is 0 Å². The Kier molecular flexibility index (Phi) is 24.1. The minimum Gasteiger partial charge on any atom is -0.396 e. The molecule has 0 rings (SSSR count). The van der Waals surface area contributed by atoms with E-state index in [2.05, 4.69) is 20.8 Å². The lowest BCUT2D eigenvalue weighted by atomic mass is 10.1. The molecule has 0 aromatic rings. The van der Waals surface area contributed by atoms with Gasteiger partial charge in [0.05, 0.1) is 0 Å². The zero-order valence-electron chi connectivity index (χ0n) is 12.6. The number of unbranched alkanes of at least 4 members (excludes halogenated alkanes) is 10. The molecule has 1 N–H and O–H groups in total. The van der Waals surface area contributed by atoms with Crippen molar-refractivity contribution >= 4 is 0 Å². The first-order valence-electron chi connectivity index (χ1n) is 7.94. The molecule has 106 valence electrons. The molecule has 0 saturated carbocycles. The number of rotatable bonds is 11. The van der Waals surface area contributed by atoms with Gasteiger partial charge >= 0.3 is 0 Å². The smallest absolute Gasteiger partial charge is 0.0431 e. The van der Waals surface area contributed by atoms with Crippen molar-refractivity contribution in [2.24, 2.45) is 0 Å². The van der Waals surface area contributed by atoms with Gasteiger partial charge in [-0.1, -0.05) is 91.4 Å². The summed E-state index contributed by atoms with van der Waals surface area (Å²) in [6.45, 7) is 7.06. The van der Waals surface area contributed by atoms with Gasteiger partial charge in [0.15, 0.2) is 0 Å². The lowest BCUT2D eigenvalue weighted by Crippen LogP contribution is -1.80. The second kappa shape index (κ2) is 21.3. The Labute approximate surface area is 110 Å². The van der Waals surface area contributed by atoms with E-state index in [4.69, 9.17) is 5.11 Å². The molecule has 0 aliphatic carbocycles. The molecule has 1 heteroatoms. The molecule has 1 nitrogen and oxygen atoms in total. The Hall–Kier alpha value is -0.0400. The molecule has 0 spiro atoms. The fraction of sp³-hybridized carbons (Fsp3) is 1.00. The molecule has 0 aliphatic heterocycles. The molecule has 0 radical (unpaired) electrons. The predicted octanol–water partition coefficient (Wildman–Crippen LogP) is 5.71. The van der Waals surface area contributed by atoms with Crippen LogP contribution in [0.3, 0.4) is 0 Å². The van der Waals surface area contributed by atoms with Gasteiger partial charge < -0.3 is 5.11 Å². The summed E-state index contributed by atoms with van der Waals surface area (Å²) in [5, 5.41) is 8.29. The normalized spacial score (nSPS) is 9.88. The molecule has 0 unspecified atom stereocenters. The summed E-state index contributed by atoms with van der Waals surface area (Å²) < 4.78 is 0. The summed E-state index contributed by atoms with van der Waals surface area (Å²) in [4.78, 5) is 0. The van der Waals surface area contributed by atoms with Crippen LogP contribution in [0.4, 0.5) is 0 Å². The Morgan fingerprint density at radius 1 is 0.471 bits per heavy atom. The molecular weight excluding hydrogens is 208 g/mol. The highest BCUT2D eigenvalue weighted by molar-refractivity contribution is 4.43. The topological polar surface area (TPSA) is 20.2 Å². The standard InChI is InChI=1S/C10H22.C6H14O/c1-3-5-7-9-10-8-6-4-2;1-2-3-4-5-6-7/h3-10H2,1-2H3;7H,2-6H2,1H3. The third-order valence-corrected chi connectivity index (χ3v) is 2.97. The number of aliphatic hydroxyl groups excluding tert-OH is 1. The first-order chi connectivity index (χ1) is 8.33. The van der Waals surface area contributed by atoms with Crippen molar-refractivity contribution in [2.75, 3.05) is 6.61 Å². The summed E-state index contributed by atoms with van der Waals surface area (Å²) in [5.41, 5.74) is 0. The van der Waals surface area contributed by atoms with Gasteiger partial charge in [-0.25, -0.2) is 0 Å². The molecule has 0 fully saturated rings. The predicted molar refractivity (Wildman–Crippen MR) is 79.5 cm³/mol. The average Bonchev–Trinajstić information content (AvgIpc) is 2.35. The van der Waals surface area contributed by atoms with E-state index in [-0.39, 0.29) is 0 Å². The summed E-state index contributed by atoms with van der Waals surface area (Å²) in [5.74, 6) is 0. The summed E-state index contributed by atoms with van der Waals surface area (Å²) in [6, 6.07) is 0. The van der Waals surface area contributed by atoms with Crippen LogP contribution in [0.25, 0.3) is 0 Å². The minimum absolute atomic E-state index is 0.361. The van der Waals surface area contributed by atoms with Gasteiger partial charge in [-0.15, -0.1) is 0 Å². The van der Waals surface area contributed by atoms with Crippen LogP contribution in [0.5, 0.6) is 0 Å². The van der Waals surface area contributed by atoms with Crippen molar-refractivity contribution in [2.45, 2.75) is 97.8 Å². The Morgan fingerprint density at radius 3 is 1.06 bits per heavy atom. The summed E-state index contributed by atoms with van der Waals surface area (Å²) >= 11 is 0. The fourth-order valence-corrected chi connectivity index (χ4v) is 1.75. The maximum atomic E-state index is 8.29. The van der Waals surface area contributed by atoms with Crippen LogP contribution in [-0.4, -0.2) is 11.7 Å². The Balaban J connectivity index is 0. The lowest BCUT2D eigenvalue weighted by molar-refractivity contribution is 0.283. The van der Waals surface area contributed by atoms with E-state index >= 15 is 0 Å². The van der Waals surface area contributed by atoms with E-state index < -0.39 is 0 Å². The maximum absolute atomic E-state index is 8.29. The Bertz CT molecular complexity index is 89.7. The Morgan fingerprint density at radius 2 is 0.765 bits per heavy atom. The zero-order chi connectivity index (χ0) is 13.2. The average molecular weight is 244 g/mol. The quantitative estimate of drug-likeness (QED) is 0.462. The van der Waals surface area contributed by atoms with Crippen LogP contribution in [-0.2, 0) is 0 Å². The van der Waals surface area contributed by atoms with E-state index in [1.54, 1.807) is 0 Å². The molecule has 0 aliphatic rings. The second-order valence-electron chi connectivity index (χ2n) is 4.91. The maximum Gasteiger partial charge on any atom is 0.0431 e. The molecular formula is C16H36O. The van der Waals surface area contributed by atoms with Gasteiger partial charge in [0.2, 0.25) is 0 Å². The van der Waals surface area contributed by atoms with Crippen LogP contribution >= 0.6 is 0 Å². The van der Waals surface area contributed by atoms with Gasteiger partial charge in [0.25, 0.3) is 0 Å². The van der Waals surface area contributed by atoms with E-state index in [0.29, 0.717) is 6.61 Å². The van der Waals surface area contributed by atoms with Crippen LogP contribution < -0.4 is 0 Å². The second-order valence-corrected chi connectivity index (χ2v) is 4.91. The SMILES string of the molecule is CCCCCCCCCC.CCCCCCO. The molecule has 0 atom stereocenters.